The Balaban J connectivity index is 2.18. The number of hydrogen-bond donors (Lipinski definition) is 1. The molecule has 0 saturated carbocycles. The summed E-state index contributed by atoms with van der Waals surface area (Å²) in [4.78, 5) is 25.8. The third-order valence-corrected chi connectivity index (χ3v) is 4.58. The summed E-state index contributed by atoms with van der Waals surface area (Å²) >= 11 is 0. The Morgan fingerprint density at radius 3 is 2.57 bits per heavy atom. The fraction of sp³-hybridized carbons (Fsp3) is 0.529. The zero-order valence-corrected chi connectivity index (χ0v) is 13.0. The zero-order valence-electron chi connectivity index (χ0n) is 13.0. The molecule has 1 amide bonds. The van der Waals surface area contributed by atoms with Gasteiger partial charge in [0.05, 0.1) is 5.41 Å². The lowest BCUT2D eigenvalue weighted by molar-refractivity contribution is -0.148. The molecule has 0 aliphatic carbocycles. The molecular weight excluding hydrogens is 266 g/mol. The molecule has 114 valence electrons. The standard InChI is InChI=1S/C17H23NO3/c1-4-7-17(16(20)21)8-9-18(11-17)15(19)14-6-5-12(2)13(3)10-14/h5-6,10H,4,7-9,11H2,1-3H3,(H,20,21). The smallest absolute Gasteiger partial charge is 0.311 e. The number of aryl methyl sites for hydroxylation is 2. The topological polar surface area (TPSA) is 57.6 Å². The van der Waals surface area contributed by atoms with E-state index in [9.17, 15) is 14.7 Å². The highest BCUT2D eigenvalue weighted by atomic mass is 16.4. The summed E-state index contributed by atoms with van der Waals surface area (Å²) in [6.07, 6.45) is 1.99. The van der Waals surface area contributed by atoms with Crippen molar-refractivity contribution in [3.63, 3.8) is 0 Å². The Morgan fingerprint density at radius 1 is 1.29 bits per heavy atom. The Morgan fingerprint density at radius 2 is 2.00 bits per heavy atom. The van der Waals surface area contributed by atoms with Gasteiger partial charge in [-0.15, -0.1) is 0 Å². The minimum atomic E-state index is -0.778. The van der Waals surface area contributed by atoms with Crippen LogP contribution in [0.3, 0.4) is 0 Å². The van der Waals surface area contributed by atoms with Gasteiger partial charge in [-0.1, -0.05) is 19.4 Å². The van der Waals surface area contributed by atoms with Crippen LogP contribution in [0.4, 0.5) is 0 Å². The third-order valence-electron chi connectivity index (χ3n) is 4.58. The quantitative estimate of drug-likeness (QED) is 0.927. The van der Waals surface area contributed by atoms with Crippen LogP contribution in [0.2, 0.25) is 0 Å². The van der Waals surface area contributed by atoms with Crippen LogP contribution in [0, 0.1) is 19.3 Å². The number of carboxylic acids is 1. The fourth-order valence-electron chi connectivity index (χ4n) is 3.07. The average Bonchev–Trinajstić information content (AvgIpc) is 2.87. The van der Waals surface area contributed by atoms with Crippen LogP contribution in [0.1, 0.15) is 47.7 Å². The molecule has 1 fully saturated rings. The SMILES string of the molecule is CCCC1(C(=O)O)CCN(C(=O)c2ccc(C)c(C)c2)C1. The van der Waals surface area contributed by atoms with Crippen LogP contribution < -0.4 is 0 Å². The van der Waals surface area contributed by atoms with Crippen molar-refractivity contribution in [1.29, 1.82) is 0 Å². The van der Waals surface area contributed by atoms with E-state index in [1.165, 1.54) is 0 Å². The van der Waals surface area contributed by atoms with Crippen molar-refractivity contribution in [3.8, 4) is 0 Å². The van der Waals surface area contributed by atoms with Crippen molar-refractivity contribution >= 4 is 11.9 Å². The van der Waals surface area contributed by atoms with E-state index in [-0.39, 0.29) is 5.91 Å². The lowest BCUT2D eigenvalue weighted by Crippen LogP contribution is -2.37. The first-order valence-corrected chi connectivity index (χ1v) is 7.49. The summed E-state index contributed by atoms with van der Waals surface area (Å²) in [7, 11) is 0. The largest absolute Gasteiger partial charge is 0.481 e. The van der Waals surface area contributed by atoms with E-state index in [4.69, 9.17) is 0 Å². The zero-order chi connectivity index (χ0) is 15.6. The van der Waals surface area contributed by atoms with Gasteiger partial charge in [-0.3, -0.25) is 9.59 Å². The van der Waals surface area contributed by atoms with Gasteiger partial charge in [-0.2, -0.15) is 0 Å². The molecule has 0 bridgehead atoms. The molecule has 1 unspecified atom stereocenters. The summed E-state index contributed by atoms with van der Waals surface area (Å²) in [5.74, 6) is -0.836. The number of aliphatic carboxylic acids is 1. The Hall–Kier alpha value is -1.84. The maximum Gasteiger partial charge on any atom is 0.311 e. The van der Waals surface area contributed by atoms with Crippen molar-refractivity contribution in [2.24, 2.45) is 5.41 Å². The molecule has 1 saturated heterocycles. The summed E-state index contributed by atoms with van der Waals surface area (Å²) in [6.45, 7) is 6.82. The van der Waals surface area contributed by atoms with Crippen LogP contribution in [0.15, 0.2) is 18.2 Å². The predicted octanol–water partition coefficient (Wildman–Crippen LogP) is 3.02. The highest BCUT2D eigenvalue weighted by Gasteiger charge is 2.45. The average molecular weight is 289 g/mol. The van der Waals surface area contributed by atoms with Gasteiger partial charge < -0.3 is 10.0 Å². The van der Waals surface area contributed by atoms with Gasteiger partial charge in [0, 0.05) is 18.7 Å². The number of rotatable bonds is 4. The van der Waals surface area contributed by atoms with Crippen molar-refractivity contribution in [1.82, 2.24) is 4.90 Å². The fourth-order valence-corrected chi connectivity index (χ4v) is 3.07. The third kappa shape index (κ3) is 2.94. The van der Waals surface area contributed by atoms with Crippen molar-refractivity contribution in [2.75, 3.05) is 13.1 Å². The molecule has 21 heavy (non-hydrogen) atoms. The van der Waals surface area contributed by atoms with Crippen LogP contribution >= 0.6 is 0 Å². The van der Waals surface area contributed by atoms with Crippen LogP contribution in [0.25, 0.3) is 0 Å². The molecule has 0 aromatic heterocycles. The van der Waals surface area contributed by atoms with Gasteiger partial charge in [0.1, 0.15) is 0 Å². The molecular formula is C17H23NO3. The minimum absolute atomic E-state index is 0.0580. The van der Waals surface area contributed by atoms with E-state index in [1.807, 2.05) is 39.0 Å². The van der Waals surface area contributed by atoms with Crippen LogP contribution in [0.5, 0.6) is 0 Å². The van der Waals surface area contributed by atoms with Gasteiger partial charge in [-0.05, 0) is 49.9 Å². The first-order valence-electron chi connectivity index (χ1n) is 7.49. The minimum Gasteiger partial charge on any atom is -0.481 e. The molecule has 4 heteroatoms. The molecule has 0 radical (unpaired) electrons. The highest BCUT2D eigenvalue weighted by Crippen LogP contribution is 2.36. The normalized spacial score (nSPS) is 21.6. The lowest BCUT2D eigenvalue weighted by Gasteiger charge is -2.24. The number of carbonyl (C=O) groups excluding carboxylic acids is 1. The molecule has 1 heterocycles. The molecule has 1 aliphatic rings. The van der Waals surface area contributed by atoms with E-state index in [0.717, 1.165) is 17.5 Å². The van der Waals surface area contributed by atoms with E-state index < -0.39 is 11.4 Å². The maximum absolute atomic E-state index is 12.6. The highest BCUT2D eigenvalue weighted by molar-refractivity contribution is 5.95. The molecule has 0 spiro atoms. The number of carbonyl (C=O) groups is 2. The molecule has 4 nitrogen and oxygen atoms in total. The first-order chi connectivity index (χ1) is 9.89. The predicted molar refractivity (Wildman–Crippen MR) is 81.4 cm³/mol. The van der Waals surface area contributed by atoms with Gasteiger partial charge >= 0.3 is 5.97 Å². The van der Waals surface area contributed by atoms with E-state index >= 15 is 0 Å². The first kappa shape index (κ1) is 15.5. The molecule has 2 rings (SSSR count). The van der Waals surface area contributed by atoms with Gasteiger partial charge in [0.25, 0.3) is 5.91 Å². The summed E-state index contributed by atoms with van der Waals surface area (Å²) in [5, 5.41) is 9.51. The number of carboxylic acid groups (broad SMARTS) is 1. The van der Waals surface area contributed by atoms with Crippen molar-refractivity contribution < 1.29 is 14.7 Å². The van der Waals surface area contributed by atoms with Crippen molar-refractivity contribution in [3.05, 3.63) is 34.9 Å². The van der Waals surface area contributed by atoms with Gasteiger partial charge in [0.15, 0.2) is 0 Å². The second-order valence-corrected chi connectivity index (χ2v) is 6.11. The summed E-state index contributed by atoms with van der Waals surface area (Å²) in [6, 6.07) is 5.65. The molecule has 1 aromatic rings. The molecule has 1 atom stereocenters. The number of hydrogen-bond acceptors (Lipinski definition) is 2. The number of benzene rings is 1. The lowest BCUT2D eigenvalue weighted by atomic mass is 9.83. The Kier molecular flexibility index (Phi) is 4.35. The molecule has 1 N–H and O–H groups in total. The summed E-state index contributed by atoms with van der Waals surface area (Å²) < 4.78 is 0. The molecule has 1 aromatic carbocycles. The van der Waals surface area contributed by atoms with E-state index in [2.05, 4.69) is 0 Å². The molecule has 1 aliphatic heterocycles. The van der Waals surface area contributed by atoms with Gasteiger partial charge in [-0.25, -0.2) is 0 Å². The second-order valence-electron chi connectivity index (χ2n) is 6.11. The Labute approximate surface area is 125 Å². The Bertz CT molecular complexity index is 567. The van der Waals surface area contributed by atoms with Crippen LogP contribution in [-0.4, -0.2) is 35.0 Å². The van der Waals surface area contributed by atoms with E-state index in [1.54, 1.807) is 4.90 Å². The summed E-state index contributed by atoms with van der Waals surface area (Å²) in [5.41, 5.74) is 2.12. The monoisotopic (exact) mass is 289 g/mol. The maximum atomic E-state index is 12.6. The van der Waals surface area contributed by atoms with Crippen molar-refractivity contribution in [2.45, 2.75) is 40.0 Å². The number of amides is 1. The number of nitrogens with zero attached hydrogens (tertiary/aromatic N) is 1. The van der Waals surface area contributed by atoms with Crippen LogP contribution in [-0.2, 0) is 4.79 Å². The van der Waals surface area contributed by atoms with Gasteiger partial charge in [0.2, 0.25) is 0 Å². The second kappa shape index (κ2) is 5.88. The van der Waals surface area contributed by atoms with E-state index in [0.29, 0.717) is 31.5 Å². The number of likely N-dealkylation sites (tertiary alicyclic amines) is 1.